The van der Waals surface area contributed by atoms with Gasteiger partial charge in [-0.25, -0.2) is 10.2 Å². The highest BCUT2D eigenvalue weighted by Gasteiger charge is 2.30. The van der Waals surface area contributed by atoms with E-state index in [9.17, 15) is 14.0 Å². The Hall–Kier alpha value is -1.99. The molecule has 1 fully saturated rings. The van der Waals surface area contributed by atoms with E-state index in [4.69, 9.17) is 15.3 Å². The van der Waals surface area contributed by atoms with Gasteiger partial charge in [-0.15, -0.1) is 0 Å². The van der Waals surface area contributed by atoms with Gasteiger partial charge in [-0.3, -0.25) is 15.0 Å². The Morgan fingerprint density at radius 1 is 1.48 bits per heavy atom. The Morgan fingerprint density at radius 3 is 2.86 bits per heavy atom. The maximum atomic E-state index is 13.6. The molecule has 0 aromatic heterocycles. The quantitative estimate of drug-likeness (QED) is 0.365. The maximum Gasteiger partial charge on any atom is 0.263 e. The number of nitrogens with one attached hydrogen (secondary N) is 1. The van der Waals surface area contributed by atoms with E-state index in [1.54, 1.807) is 0 Å². The molecule has 7 heteroatoms. The van der Waals surface area contributed by atoms with E-state index in [0.29, 0.717) is 18.6 Å². The molecule has 0 bridgehead atoms. The zero-order chi connectivity index (χ0) is 15.4. The van der Waals surface area contributed by atoms with E-state index in [0.717, 1.165) is 6.07 Å². The van der Waals surface area contributed by atoms with E-state index >= 15 is 0 Å². The summed E-state index contributed by atoms with van der Waals surface area (Å²) in [6.07, 6.45) is 0.407. The maximum absolute atomic E-state index is 13.6. The summed E-state index contributed by atoms with van der Waals surface area (Å²) in [4.78, 5) is 22.4. The first-order chi connectivity index (χ1) is 10.0. The summed E-state index contributed by atoms with van der Waals surface area (Å²) < 4.78 is 24.5. The average molecular weight is 296 g/mol. The lowest BCUT2D eigenvalue weighted by atomic mass is 10.1. The zero-order valence-corrected chi connectivity index (χ0v) is 11.6. The molecule has 3 N–H and O–H groups in total. The Balaban J connectivity index is 1.88. The molecule has 0 saturated carbocycles. The molecule has 0 spiro atoms. The average Bonchev–Trinajstić information content (AvgIpc) is 2.92. The normalized spacial score (nSPS) is 21.1. The fourth-order valence-corrected chi connectivity index (χ4v) is 2.17. The molecular formula is C14H17FN2O4. The number of hydrazine groups is 1. The molecule has 2 atom stereocenters. The molecule has 21 heavy (non-hydrogen) atoms. The molecular weight excluding hydrogens is 279 g/mol. The van der Waals surface area contributed by atoms with Crippen molar-refractivity contribution in [3.63, 3.8) is 0 Å². The van der Waals surface area contributed by atoms with E-state index in [-0.39, 0.29) is 30.0 Å². The molecule has 1 aromatic carbocycles. The van der Waals surface area contributed by atoms with Crippen LogP contribution in [0.15, 0.2) is 18.2 Å². The molecule has 2 rings (SSSR count). The Labute approximate surface area is 121 Å². The van der Waals surface area contributed by atoms with Crippen LogP contribution < -0.4 is 16.0 Å². The van der Waals surface area contributed by atoms with Crippen LogP contribution >= 0.6 is 0 Å². The van der Waals surface area contributed by atoms with Crippen molar-refractivity contribution in [2.75, 3.05) is 6.61 Å². The number of carbonyl (C=O) groups is 2. The number of benzene rings is 1. The highest BCUT2D eigenvalue weighted by atomic mass is 19.1. The predicted octanol–water partition coefficient (Wildman–Crippen LogP) is 0.945. The number of Topliss-reactive ketones (excluding diaryl/α,β-unsaturated/α-hetero) is 1. The molecule has 0 aliphatic carbocycles. The lowest BCUT2D eigenvalue weighted by molar-refractivity contribution is -0.132. The minimum atomic E-state index is -0.618. The molecule has 1 aliphatic heterocycles. The van der Waals surface area contributed by atoms with Crippen LogP contribution in [-0.4, -0.2) is 30.5 Å². The molecule has 1 aliphatic rings. The van der Waals surface area contributed by atoms with Gasteiger partial charge in [-0.05, 0) is 31.9 Å². The van der Waals surface area contributed by atoms with Crippen molar-refractivity contribution in [2.45, 2.75) is 32.0 Å². The molecule has 0 radical (unpaired) electrons. The number of rotatable bonds is 5. The van der Waals surface area contributed by atoms with Crippen LogP contribution in [0.3, 0.4) is 0 Å². The minimum Gasteiger partial charge on any atom is -0.491 e. The van der Waals surface area contributed by atoms with Gasteiger partial charge in [0.15, 0.2) is 5.78 Å². The van der Waals surface area contributed by atoms with Crippen LogP contribution in [0.5, 0.6) is 5.75 Å². The number of hydrogen-bond donors (Lipinski definition) is 2. The first-order valence-corrected chi connectivity index (χ1v) is 6.60. The summed E-state index contributed by atoms with van der Waals surface area (Å²) in [5, 5.41) is 0. The SMILES string of the molecule is CC(=O)c1ccc(OCC2CCC(C(=O)NN)O2)cc1F. The highest BCUT2D eigenvalue weighted by molar-refractivity contribution is 5.94. The monoisotopic (exact) mass is 296 g/mol. The van der Waals surface area contributed by atoms with E-state index < -0.39 is 11.9 Å². The fraction of sp³-hybridized carbons (Fsp3) is 0.429. The third-order valence-corrected chi connectivity index (χ3v) is 3.30. The van der Waals surface area contributed by atoms with Crippen molar-refractivity contribution >= 4 is 11.7 Å². The lowest BCUT2D eigenvalue weighted by Gasteiger charge is -2.14. The molecule has 114 valence electrons. The first-order valence-electron chi connectivity index (χ1n) is 6.60. The smallest absolute Gasteiger partial charge is 0.263 e. The van der Waals surface area contributed by atoms with Crippen molar-refractivity contribution in [1.82, 2.24) is 5.43 Å². The highest BCUT2D eigenvalue weighted by Crippen LogP contribution is 2.22. The summed E-state index contributed by atoms with van der Waals surface area (Å²) in [7, 11) is 0. The van der Waals surface area contributed by atoms with Crippen molar-refractivity contribution in [3.05, 3.63) is 29.6 Å². The Morgan fingerprint density at radius 2 is 2.24 bits per heavy atom. The van der Waals surface area contributed by atoms with Crippen LogP contribution in [0.25, 0.3) is 0 Å². The molecule has 1 saturated heterocycles. The van der Waals surface area contributed by atoms with Gasteiger partial charge in [0.2, 0.25) is 0 Å². The molecule has 1 amide bonds. The van der Waals surface area contributed by atoms with E-state index in [1.165, 1.54) is 19.1 Å². The van der Waals surface area contributed by atoms with Crippen molar-refractivity contribution < 1.29 is 23.5 Å². The second-order valence-electron chi connectivity index (χ2n) is 4.84. The van der Waals surface area contributed by atoms with E-state index in [1.807, 2.05) is 5.43 Å². The van der Waals surface area contributed by atoms with Gasteiger partial charge in [0.05, 0.1) is 11.7 Å². The Bertz CT molecular complexity index is 550. The number of ether oxygens (including phenoxy) is 2. The third-order valence-electron chi connectivity index (χ3n) is 3.30. The molecule has 1 heterocycles. The Kier molecular flexibility index (Phi) is 4.87. The first kappa shape index (κ1) is 15.4. The van der Waals surface area contributed by atoms with Gasteiger partial charge in [0.25, 0.3) is 5.91 Å². The van der Waals surface area contributed by atoms with Gasteiger partial charge in [0, 0.05) is 6.07 Å². The summed E-state index contributed by atoms with van der Waals surface area (Å²) in [5.74, 6) is 4.03. The van der Waals surface area contributed by atoms with Crippen molar-refractivity contribution in [3.8, 4) is 5.75 Å². The molecule has 6 nitrogen and oxygen atoms in total. The number of carbonyl (C=O) groups excluding carboxylic acids is 2. The summed E-state index contributed by atoms with van der Waals surface area (Å²) >= 11 is 0. The van der Waals surface area contributed by atoms with Crippen LogP contribution in [-0.2, 0) is 9.53 Å². The molecule has 1 aromatic rings. The van der Waals surface area contributed by atoms with Crippen LogP contribution in [0, 0.1) is 5.82 Å². The fourth-order valence-electron chi connectivity index (χ4n) is 2.17. The topological polar surface area (TPSA) is 90.7 Å². The number of ketones is 1. The van der Waals surface area contributed by atoms with Gasteiger partial charge < -0.3 is 9.47 Å². The van der Waals surface area contributed by atoms with Crippen LogP contribution in [0.1, 0.15) is 30.1 Å². The van der Waals surface area contributed by atoms with Crippen LogP contribution in [0.4, 0.5) is 4.39 Å². The summed E-state index contributed by atoms with van der Waals surface area (Å²) in [6, 6.07) is 4.07. The third kappa shape index (κ3) is 3.77. The predicted molar refractivity (Wildman–Crippen MR) is 72.1 cm³/mol. The van der Waals surface area contributed by atoms with Crippen molar-refractivity contribution in [1.29, 1.82) is 0 Å². The van der Waals surface area contributed by atoms with Crippen LogP contribution in [0.2, 0.25) is 0 Å². The zero-order valence-electron chi connectivity index (χ0n) is 11.6. The number of hydrogen-bond acceptors (Lipinski definition) is 5. The van der Waals surface area contributed by atoms with E-state index in [2.05, 4.69) is 0 Å². The largest absolute Gasteiger partial charge is 0.491 e. The van der Waals surface area contributed by atoms with Gasteiger partial charge in [0.1, 0.15) is 24.3 Å². The summed E-state index contributed by atoms with van der Waals surface area (Å²) in [6.45, 7) is 1.50. The number of halogens is 1. The number of nitrogens with two attached hydrogens (primary N) is 1. The standard InChI is InChI=1S/C14H17FN2O4/c1-8(18)11-4-2-9(6-12(11)15)20-7-10-3-5-13(21-10)14(19)17-16/h2,4,6,10,13H,3,5,7,16H2,1H3,(H,17,19). The second-order valence-corrected chi connectivity index (χ2v) is 4.84. The van der Waals surface area contributed by atoms with Crippen molar-refractivity contribution in [2.24, 2.45) is 5.84 Å². The number of amides is 1. The second kappa shape index (κ2) is 6.64. The lowest BCUT2D eigenvalue weighted by Crippen LogP contribution is -2.39. The van der Waals surface area contributed by atoms with Gasteiger partial charge in [-0.2, -0.15) is 0 Å². The molecule has 2 unspecified atom stereocenters. The summed E-state index contributed by atoms with van der Waals surface area (Å²) in [5.41, 5.74) is 2.07. The van der Waals surface area contributed by atoms with Gasteiger partial charge in [-0.1, -0.05) is 0 Å². The minimum absolute atomic E-state index is 0.0270. The van der Waals surface area contributed by atoms with Gasteiger partial charge >= 0.3 is 0 Å².